The molecule has 386 valence electrons. The van der Waals surface area contributed by atoms with Crippen molar-refractivity contribution >= 4 is 11.9 Å². The number of unbranched alkanes of at least 4 members (excludes halogenated alkanes) is 35. The van der Waals surface area contributed by atoms with Crippen LogP contribution in [0, 0.1) is 0 Å². The van der Waals surface area contributed by atoms with Gasteiger partial charge in [0.25, 0.3) is 0 Å². The third-order valence-electron chi connectivity index (χ3n) is 12.9. The first-order valence-electron chi connectivity index (χ1n) is 29.2. The van der Waals surface area contributed by atoms with Gasteiger partial charge in [0.1, 0.15) is 6.61 Å². The Hall–Kier alpha value is -2.14. The van der Waals surface area contributed by atoms with Crippen molar-refractivity contribution in [1.82, 2.24) is 0 Å². The lowest BCUT2D eigenvalue weighted by molar-refractivity contribution is -0.163. The molecule has 0 rings (SSSR count). The summed E-state index contributed by atoms with van der Waals surface area (Å²) in [5.41, 5.74) is 0. The van der Waals surface area contributed by atoms with Crippen LogP contribution in [0.3, 0.4) is 0 Å². The molecular formula is C61H112O5. The first-order valence-corrected chi connectivity index (χ1v) is 29.2. The van der Waals surface area contributed by atoms with Gasteiger partial charge in [-0.25, -0.2) is 0 Å². The zero-order valence-electron chi connectivity index (χ0n) is 44.5. The first kappa shape index (κ1) is 63.9. The summed E-state index contributed by atoms with van der Waals surface area (Å²) in [5, 5.41) is 0. The zero-order chi connectivity index (χ0) is 47.7. The number of hydrogen-bond acceptors (Lipinski definition) is 5. The quantitative estimate of drug-likeness (QED) is 0.0345. The third kappa shape index (κ3) is 54.5. The molecule has 66 heavy (non-hydrogen) atoms. The maximum atomic E-state index is 12.9. The van der Waals surface area contributed by atoms with Crippen molar-refractivity contribution in [3.05, 3.63) is 48.6 Å². The van der Waals surface area contributed by atoms with E-state index in [0.717, 1.165) is 77.0 Å². The maximum Gasteiger partial charge on any atom is 0.306 e. The molecular weight excluding hydrogens is 813 g/mol. The fourth-order valence-corrected chi connectivity index (χ4v) is 8.56. The largest absolute Gasteiger partial charge is 0.462 e. The molecule has 0 radical (unpaired) electrons. The van der Waals surface area contributed by atoms with Gasteiger partial charge in [-0.2, -0.15) is 0 Å². The predicted octanol–water partition coefficient (Wildman–Crippen LogP) is 19.9. The molecule has 0 aliphatic rings. The number of ether oxygens (including phenoxy) is 3. The number of rotatable bonds is 54. The minimum atomic E-state index is -0.542. The summed E-state index contributed by atoms with van der Waals surface area (Å²) in [6, 6.07) is 0. The number of carbonyl (C=O) groups is 2. The van der Waals surface area contributed by atoms with E-state index in [0.29, 0.717) is 19.4 Å². The minimum absolute atomic E-state index is 0.0778. The Kier molecular flexibility index (Phi) is 55.3. The van der Waals surface area contributed by atoms with Crippen LogP contribution in [0.1, 0.15) is 303 Å². The van der Waals surface area contributed by atoms with Crippen molar-refractivity contribution in [2.24, 2.45) is 0 Å². The van der Waals surface area contributed by atoms with Crippen LogP contribution in [0.5, 0.6) is 0 Å². The molecule has 0 aliphatic carbocycles. The van der Waals surface area contributed by atoms with E-state index >= 15 is 0 Å². The van der Waals surface area contributed by atoms with Gasteiger partial charge >= 0.3 is 11.9 Å². The summed E-state index contributed by atoms with van der Waals surface area (Å²) in [6.45, 7) is 7.75. The van der Waals surface area contributed by atoms with Crippen LogP contribution in [0.15, 0.2) is 48.6 Å². The minimum Gasteiger partial charge on any atom is -0.462 e. The van der Waals surface area contributed by atoms with Gasteiger partial charge in [-0.15, -0.1) is 0 Å². The summed E-state index contributed by atoms with van der Waals surface area (Å²) in [4.78, 5) is 25.5. The summed E-state index contributed by atoms with van der Waals surface area (Å²) < 4.78 is 17.5. The van der Waals surface area contributed by atoms with E-state index in [4.69, 9.17) is 14.2 Å². The van der Waals surface area contributed by atoms with E-state index in [-0.39, 0.29) is 25.2 Å². The number of esters is 2. The lowest BCUT2D eigenvalue weighted by Crippen LogP contribution is -2.30. The van der Waals surface area contributed by atoms with Crippen molar-refractivity contribution in [3.63, 3.8) is 0 Å². The Labute approximate surface area is 412 Å². The second kappa shape index (κ2) is 57.2. The molecule has 0 heterocycles. The molecule has 0 amide bonds. The van der Waals surface area contributed by atoms with Crippen LogP contribution in [-0.4, -0.2) is 37.9 Å². The highest BCUT2D eigenvalue weighted by molar-refractivity contribution is 5.70. The molecule has 0 aromatic rings. The lowest BCUT2D eigenvalue weighted by Gasteiger charge is -2.18. The van der Waals surface area contributed by atoms with Gasteiger partial charge in [0.2, 0.25) is 0 Å². The fraction of sp³-hybridized carbons (Fsp3) is 0.836. The zero-order valence-corrected chi connectivity index (χ0v) is 44.5. The van der Waals surface area contributed by atoms with Crippen LogP contribution in [-0.2, 0) is 23.8 Å². The third-order valence-corrected chi connectivity index (χ3v) is 12.9. The Morgan fingerprint density at radius 1 is 0.348 bits per heavy atom. The topological polar surface area (TPSA) is 61.8 Å². The average molecular weight is 926 g/mol. The molecule has 0 aromatic carbocycles. The molecule has 0 aliphatic heterocycles. The standard InChI is InChI=1S/C61H112O5/c1-4-7-10-13-16-19-22-25-28-31-33-36-39-42-45-48-51-54-60(62)65-58-59(57-64-56-53-50-47-44-41-38-35-30-27-24-21-18-15-12-9-6-3)66-61(63)55-52-49-46-43-40-37-34-32-29-26-23-20-17-14-11-8-5-2/h7,10,16,19,25,28,33,36,59H,4-6,8-9,11-15,17-18,20-24,26-27,29-32,34-35,37-58H2,1-3H3/b10-7-,19-16-,28-25-,36-33-. The van der Waals surface area contributed by atoms with Gasteiger partial charge in [0, 0.05) is 19.4 Å². The second-order valence-electron chi connectivity index (χ2n) is 19.5. The molecule has 0 aromatic heterocycles. The van der Waals surface area contributed by atoms with Crippen LogP contribution in [0.4, 0.5) is 0 Å². The molecule has 0 saturated heterocycles. The molecule has 1 atom stereocenters. The smallest absolute Gasteiger partial charge is 0.306 e. The Bertz CT molecular complexity index is 1090. The highest BCUT2D eigenvalue weighted by atomic mass is 16.6. The molecule has 0 bridgehead atoms. The number of allylic oxidation sites excluding steroid dienone is 8. The highest BCUT2D eigenvalue weighted by Crippen LogP contribution is 2.17. The monoisotopic (exact) mass is 925 g/mol. The van der Waals surface area contributed by atoms with E-state index < -0.39 is 6.10 Å². The van der Waals surface area contributed by atoms with Crippen LogP contribution in [0.2, 0.25) is 0 Å². The summed E-state index contributed by atoms with van der Waals surface area (Å²) >= 11 is 0. The normalized spacial score (nSPS) is 12.5. The van der Waals surface area contributed by atoms with E-state index in [1.54, 1.807) is 0 Å². The highest BCUT2D eigenvalue weighted by Gasteiger charge is 2.17. The molecule has 5 nitrogen and oxygen atoms in total. The summed E-state index contributed by atoms with van der Waals surface area (Å²) in [6.07, 6.45) is 71.3. The molecule has 0 saturated carbocycles. The Balaban J connectivity index is 4.27. The van der Waals surface area contributed by atoms with E-state index in [1.165, 1.54) is 193 Å². The van der Waals surface area contributed by atoms with Gasteiger partial charge in [-0.1, -0.05) is 281 Å². The van der Waals surface area contributed by atoms with Gasteiger partial charge in [-0.3, -0.25) is 9.59 Å². The van der Waals surface area contributed by atoms with Gasteiger partial charge in [0.15, 0.2) is 6.10 Å². The van der Waals surface area contributed by atoms with Gasteiger partial charge < -0.3 is 14.2 Å². The molecule has 0 N–H and O–H groups in total. The first-order chi connectivity index (χ1) is 32.6. The predicted molar refractivity (Wildman–Crippen MR) is 288 cm³/mol. The van der Waals surface area contributed by atoms with E-state index in [1.807, 2.05) is 0 Å². The van der Waals surface area contributed by atoms with Gasteiger partial charge in [-0.05, 0) is 57.8 Å². The van der Waals surface area contributed by atoms with Crippen molar-refractivity contribution in [1.29, 1.82) is 0 Å². The number of carbonyl (C=O) groups excluding carboxylic acids is 2. The van der Waals surface area contributed by atoms with E-state index in [2.05, 4.69) is 69.4 Å². The SMILES string of the molecule is CC/C=C\C/C=C\C/C=C\C/C=C\CCCCCCC(=O)OCC(COCCCCCCCCCCCCCCCCCC)OC(=O)CCCCCCCCCCCCCCCCCCC. The molecule has 5 heteroatoms. The maximum absolute atomic E-state index is 12.9. The van der Waals surface area contributed by atoms with Crippen LogP contribution in [0.25, 0.3) is 0 Å². The van der Waals surface area contributed by atoms with Crippen LogP contribution < -0.4 is 0 Å². The Morgan fingerprint density at radius 3 is 1.09 bits per heavy atom. The van der Waals surface area contributed by atoms with Crippen molar-refractivity contribution in [2.75, 3.05) is 19.8 Å². The second-order valence-corrected chi connectivity index (χ2v) is 19.5. The van der Waals surface area contributed by atoms with E-state index in [9.17, 15) is 9.59 Å². The molecule has 0 spiro atoms. The molecule has 0 fully saturated rings. The van der Waals surface area contributed by atoms with Crippen molar-refractivity contribution < 1.29 is 23.8 Å². The fourth-order valence-electron chi connectivity index (χ4n) is 8.56. The lowest BCUT2D eigenvalue weighted by atomic mass is 10.0. The summed E-state index contributed by atoms with van der Waals surface area (Å²) in [5.74, 6) is -0.405. The average Bonchev–Trinajstić information content (AvgIpc) is 3.32. The Morgan fingerprint density at radius 2 is 0.682 bits per heavy atom. The van der Waals surface area contributed by atoms with Crippen molar-refractivity contribution in [2.45, 2.75) is 309 Å². The van der Waals surface area contributed by atoms with Crippen LogP contribution >= 0.6 is 0 Å². The van der Waals surface area contributed by atoms with Crippen molar-refractivity contribution in [3.8, 4) is 0 Å². The van der Waals surface area contributed by atoms with Gasteiger partial charge in [0.05, 0.1) is 6.61 Å². The number of hydrogen-bond donors (Lipinski definition) is 0. The summed E-state index contributed by atoms with van der Waals surface area (Å²) in [7, 11) is 0. The molecule has 1 unspecified atom stereocenters.